The molecule has 0 aliphatic rings. The number of hydrogen-bond donors (Lipinski definition) is 1. The van der Waals surface area contributed by atoms with Gasteiger partial charge in [-0.05, 0) is 30.7 Å². The van der Waals surface area contributed by atoms with Crippen molar-refractivity contribution in [3.63, 3.8) is 0 Å². The lowest BCUT2D eigenvalue weighted by Gasteiger charge is -2.08. The van der Waals surface area contributed by atoms with Crippen LogP contribution in [0.25, 0.3) is 11.0 Å². The molecule has 2 heterocycles. The number of aryl methyl sites for hydroxylation is 2. The van der Waals surface area contributed by atoms with E-state index in [1.807, 2.05) is 26.1 Å². The van der Waals surface area contributed by atoms with Crippen molar-refractivity contribution in [2.45, 2.75) is 6.92 Å². The predicted octanol–water partition coefficient (Wildman–Crippen LogP) is 2.05. The highest BCUT2D eigenvalue weighted by atomic mass is 16.5. The van der Waals surface area contributed by atoms with Crippen LogP contribution in [0, 0.1) is 6.92 Å². The highest BCUT2D eigenvalue weighted by Gasteiger charge is 2.07. The monoisotopic (exact) mass is 255 g/mol. The number of hydrogen-bond acceptors (Lipinski definition) is 5. The number of anilines is 1. The first-order chi connectivity index (χ1) is 9.13. The molecule has 0 radical (unpaired) electrons. The summed E-state index contributed by atoms with van der Waals surface area (Å²) in [7, 11) is 1.82. The first-order valence-electron chi connectivity index (χ1n) is 5.83. The molecule has 2 N–H and O–H groups in total. The van der Waals surface area contributed by atoms with Crippen LogP contribution in [0.15, 0.2) is 30.5 Å². The normalized spacial score (nSPS) is 10.8. The molecule has 0 unspecified atom stereocenters. The van der Waals surface area contributed by atoms with Crippen LogP contribution in [-0.4, -0.2) is 20.0 Å². The van der Waals surface area contributed by atoms with Gasteiger partial charge < -0.3 is 10.5 Å². The van der Waals surface area contributed by atoms with Gasteiger partial charge in [-0.3, -0.25) is 0 Å². The van der Waals surface area contributed by atoms with E-state index in [0.29, 0.717) is 11.6 Å². The number of benzene rings is 1. The third-order valence-corrected chi connectivity index (χ3v) is 2.89. The van der Waals surface area contributed by atoms with Crippen molar-refractivity contribution in [3.8, 4) is 11.6 Å². The van der Waals surface area contributed by atoms with Gasteiger partial charge in [-0.15, -0.1) is 5.10 Å². The lowest BCUT2D eigenvalue weighted by atomic mass is 10.2. The van der Waals surface area contributed by atoms with Gasteiger partial charge in [-0.1, -0.05) is 5.21 Å². The Labute approximate surface area is 109 Å². The van der Waals surface area contributed by atoms with Crippen LogP contribution in [0.4, 0.5) is 5.69 Å². The van der Waals surface area contributed by atoms with E-state index in [1.54, 1.807) is 23.0 Å². The van der Waals surface area contributed by atoms with Gasteiger partial charge in [0, 0.05) is 18.8 Å². The van der Waals surface area contributed by atoms with Crippen LogP contribution in [0.1, 0.15) is 5.56 Å². The van der Waals surface area contributed by atoms with Crippen molar-refractivity contribution >= 4 is 16.7 Å². The van der Waals surface area contributed by atoms with Crippen molar-refractivity contribution < 1.29 is 4.74 Å². The van der Waals surface area contributed by atoms with Crippen molar-refractivity contribution in [2.24, 2.45) is 7.05 Å². The molecule has 0 aliphatic heterocycles. The predicted molar refractivity (Wildman–Crippen MR) is 72.0 cm³/mol. The van der Waals surface area contributed by atoms with Crippen molar-refractivity contribution in [1.82, 2.24) is 20.0 Å². The fourth-order valence-electron chi connectivity index (χ4n) is 1.87. The van der Waals surface area contributed by atoms with E-state index in [1.165, 1.54) is 0 Å². The average molecular weight is 255 g/mol. The van der Waals surface area contributed by atoms with E-state index in [4.69, 9.17) is 10.5 Å². The molecule has 0 saturated heterocycles. The zero-order chi connectivity index (χ0) is 13.4. The van der Waals surface area contributed by atoms with E-state index < -0.39 is 0 Å². The number of rotatable bonds is 2. The Morgan fingerprint density at radius 2 is 2.11 bits per heavy atom. The molecule has 0 bridgehead atoms. The Hall–Kier alpha value is -2.63. The van der Waals surface area contributed by atoms with Gasteiger partial charge in [-0.2, -0.15) is 0 Å². The fourth-order valence-corrected chi connectivity index (χ4v) is 1.87. The summed E-state index contributed by atoms with van der Waals surface area (Å²) in [5, 5.41) is 7.96. The average Bonchev–Trinajstić information content (AvgIpc) is 2.74. The van der Waals surface area contributed by atoms with Crippen molar-refractivity contribution in [2.75, 3.05) is 5.73 Å². The summed E-state index contributed by atoms with van der Waals surface area (Å²) in [4.78, 5) is 4.24. The largest absolute Gasteiger partial charge is 0.439 e. The minimum atomic E-state index is 0.487. The van der Waals surface area contributed by atoms with Crippen molar-refractivity contribution in [1.29, 1.82) is 0 Å². The van der Waals surface area contributed by atoms with E-state index in [9.17, 15) is 0 Å². The quantitative estimate of drug-likeness (QED) is 0.709. The van der Waals surface area contributed by atoms with Crippen LogP contribution < -0.4 is 10.5 Å². The molecule has 2 aromatic heterocycles. The number of ether oxygens (including phenoxy) is 1. The molecular weight excluding hydrogens is 242 g/mol. The minimum Gasteiger partial charge on any atom is -0.439 e. The molecule has 6 nitrogen and oxygen atoms in total. The van der Waals surface area contributed by atoms with E-state index >= 15 is 0 Å². The first-order valence-corrected chi connectivity index (χ1v) is 5.83. The number of nitrogen functional groups attached to an aromatic ring is 1. The number of fused-ring (bicyclic) bond motifs is 1. The summed E-state index contributed by atoms with van der Waals surface area (Å²) >= 11 is 0. The lowest BCUT2D eigenvalue weighted by molar-refractivity contribution is 0.460. The summed E-state index contributed by atoms with van der Waals surface area (Å²) in [5.74, 6) is 1.21. The van der Waals surface area contributed by atoms with Gasteiger partial charge in [0.15, 0.2) is 0 Å². The van der Waals surface area contributed by atoms with Crippen LogP contribution in [0.2, 0.25) is 0 Å². The molecule has 0 aliphatic carbocycles. The topological polar surface area (TPSA) is 78.9 Å². The van der Waals surface area contributed by atoms with E-state index in [2.05, 4.69) is 15.3 Å². The number of aromatic nitrogens is 4. The number of nitrogens with zero attached hydrogens (tertiary/aromatic N) is 4. The second kappa shape index (κ2) is 4.24. The number of nitrogens with two attached hydrogens (primary N) is 1. The van der Waals surface area contributed by atoms with Crippen LogP contribution in [-0.2, 0) is 7.05 Å². The Bertz CT molecular complexity index is 750. The summed E-state index contributed by atoms with van der Waals surface area (Å²) in [5.41, 5.74) is 8.99. The lowest BCUT2D eigenvalue weighted by Crippen LogP contribution is -1.93. The van der Waals surface area contributed by atoms with Crippen LogP contribution in [0.5, 0.6) is 11.6 Å². The Balaban J connectivity index is 1.96. The molecule has 0 amide bonds. The zero-order valence-corrected chi connectivity index (χ0v) is 10.7. The molecule has 3 rings (SSSR count). The van der Waals surface area contributed by atoms with Gasteiger partial charge in [0.1, 0.15) is 16.8 Å². The highest BCUT2D eigenvalue weighted by molar-refractivity contribution is 5.74. The summed E-state index contributed by atoms with van der Waals surface area (Å²) < 4.78 is 7.41. The van der Waals surface area contributed by atoms with Crippen LogP contribution in [0.3, 0.4) is 0 Å². The summed E-state index contributed by atoms with van der Waals surface area (Å²) in [6.45, 7) is 1.94. The smallest absolute Gasteiger partial charge is 0.221 e. The molecule has 19 heavy (non-hydrogen) atoms. The minimum absolute atomic E-state index is 0.487. The molecular formula is C13H13N5O. The first kappa shape index (κ1) is 11.5. The van der Waals surface area contributed by atoms with E-state index in [0.717, 1.165) is 22.3 Å². The Morgan fingerprint density at radius 3 is 2.89 bits per heavy atom. The molecule has 0 saturated carbocycles. The SMILES string of the molecule is Cc1cc(N)ccc1Oc1cc2nnn(C)c2cn1. The second-order valence-corrected chi connectivity index (χ2v) is 4.35. The number of pyridine rings is 1. The Morgan fingerprint density at radius 1 is 1.26 bits per heavy atom. The molecule has 96 valence electrons. The second-order valence-electron chi connectivity index (χ2n) is 4.35. The van der Waals surface area contributed by atoms with Crippen molar-refractivity contribution in [3.05, 3.63) is 36.0 Å². The molecule has 0 atom stereocenters. The maximum atomic E-state index is 5.74. The van der Waals surface area contributed by atoms with Gasteiger partial charge >= 0.3 is 0 Å². The summed E-state index contributed by atoms with van der Waals surface area (Å²) in [6.07, 6.45) is 1.69. The fraction of sp³-hybridized carbons (Fsp3) is 0.154. The van der Waals surface area contributed by atoms with Gasteiger partial charge in [0.2, 0.25) is 5.88 Å². The molecule has 3 aromatic rings. The molecule has 0 spiro atoms. The third kappa shape index (κ3) is 2.08. The summed E-state index contributed by atoms with van der Waals surface area (Å²) in [6, 6.07) is 7.24. The molecule has 0 fully saturated rings. The van der Waals surface area contributed by atoms with E-state index in [-0.39, 0.29) is 0 Å². The standard InChI is InChI=1S/C13H13N5O/c1-8-5-9(14)3-4-12(8)19-13-6-10-11(7-15-13)18(2)17-16-10/h3-7H,14H2,1-2H3. The molecule has 6 heteroatoms. The zero-order valence-electron chi connectivity index (χ0n) is 10.7. The maximum absolute atomic E-state index is 5.74. The third-order valence-electron chi connectivity index (χ3n) is 2.89. The Kier molecular flexibility index (Phi) is 2.56. The van der Waals surface area contributed by atoms with Gasteiger partial charge in [-0.25, -0.2) is 9.67 Å². The highest BCUT2D eigenvalue weighted by Crippen LogP contribution is 2.26. The van der Waals surface area contributed by atoms with Gasteiger partial charge in [0.25, 0.3) is 0 Å². The van der Waals surface area contributed by atoms with Crippen LogP contribution >= 0.6 is 0 Å². The maximum Gasteiger partial charge on any atom is 0.221 e. The molecule has 1 aromatic carbocycles. The van der Waals surface area contributed by atoms with Gasteiger partial charge in [0.05, 0.1) is 6.20 Å².